The van der Waals surface area contributed by atoms with Gasteiger partial charge >= 0.3 is 0 Å². The third-order valence-corrected chi connectivity index (χ3v) is 3.95. The Morgan fingerprint density at radius 1 is 1.10 bits per heavy atom. The molecule has 1 atom stereocenters. The molecule has 0 heterocycles. The predicted octanol–water partition coefficient (Wildman–Crippen LogP) is 3.24. The van der Waals surface area contributed by atoms with E-state index >= 15 is 0 Å². The zero-order valence-corrected chi connectivity index (χ0v) is 11.9. The molecule has 3 heteroatoms. The lowest BCUT2D eigenvalue weighted by molar-refractivity contribution is -0.118. The van der Waals surface area contributed by atoms with Crippen LogP contribution in [-0.4, -0.2) is 11.0 Å². The van der Waals surface area contributed by atoms with Crippen molar-refractivity contribution in [2.75, 3.05) is 5.32 Å². The molecular weight excluding hydrogens is 262 g/mol. The predicted molar refractivity (Wildman–Crippen MR) is 83.1 cm³/mol. The SMILES string of the molecule is O=C(CC(O)c1ccccc1)Nc1ccc2c(c1)CCC2. The molecular formula is C18H19NO2. The van der Waals surface area contributed by atoms with E-state index in [9.17, 15) is 9.90 Å². The molecule has 0 fully saturated rings. The number of carbonyl (C=O) groups excluding carboxylic acids is 1. The second-order valence-corrected chi connectivity index (χ2v) is 5.52. The molecule has 1 aliphatic rings. The summed E-state index contributed by atoms with van der Waals surface area (Å²) in [6.45, 7) is 0. The fraction of sp³-hybridized carbons (Fsp3) is 0.278. The molecule has 0 bridgehead atoms. The highest BCUT2D eigenvalue weighted by Crippen LogP contribution is 2.25. The van der Waals surface area contributed by atoms with Crippen LogP contribution in [-0.2, 0) is 17.6 Å². The molecule has 2 aromatic rings. The summed E-state index contributed by atoms with van der Waals surface area (Å²) in [5, 5.41) is 12.9. The Morgan fingerprint density at radius 2 is 1.86 bits per heavy atom. The fourth-order valence-corrected chi connectivity index (χ4v) is 2.83. The first kappa shape index (κ1) is 13.8. The van der Waals surface area contributed by atoms with Crippen LogP contribution in [0.15, 0.2) is 48.5 Å². The van der Waals surface area contributed by atoms with Gasteiger partial charge in [-0.15, -0.1) is 0 Å². The Balaban J connectivity index is 1.61. The number of aliphatic hydroxyl groups excluding tert-OH is 1. The molecule has 0 spiro atoms. The van der Waals surface area contributed by atoms with Crippen molar-refractivity contribution in [1.82, 2.24) is 0 Å². The topological polar surface area (TPSA) is 49.3 Å². The van der Waals surface area contributed by atoms with Crippen molar-refractivity contribution < 1.29 is 9.90 Å². The van der Waals surface area contributed by atoms with Gasteiger partial charge in [0, 0.05) is 5.69 Å². The number of carbonyl (C=O) groups is 1. The smallest absolute Gasteiger partial charge is 0.227 e. The summed E-state index contributed by atoms with van der Waals surface area (Å²) in [6.07, 6.45) is 2.73. The van der Waals surface area contributed by atoms with E-state index in [0.29, 0.717) is 0 Å². The summed E-state index contributed by atoms with van der Waals surface area (Å²) >= 11 is 0. The van der Waals surface area contributed by atoms with Crippen LogP contribution in [0.25, 0.3) is 0 Å². The van der Waals surface area contributed by atoms with E-state index in [-0.39, 0.29) is 12.3 Å². The molecule has 2 N–H and O–H groups in total. The van der Waals surface area contributed by atoms with Crippen LogP contribution in [0.1, 0.15) is 35.6 Å². The summed E-state index contributed by atoms with van der Waals surface area (Å²) < 4.78 is 0. The third kappa shape index (κ3) is 3.31. The lowest BCUT2D eigenvalue weighted by atomic mass is 10.1. The molecule has 0 aromatic heterocycles. The van der Waals surface area contributed by atoms with Gasteiger partial charge in [-0.05, 0) is 48.1 Å². The van der Waals surface area contributed by atoms with Crippen molar-refractivity contribution in [2.45, 2.75) is 31.8 Å². The lowest BCUT2D eigenvalue weighted by Gasteiger charge is -2.12. The Morgan fingerprint density at radius 3 is 2.67 bits per heavy atom. The van der Waals surface area contributed by atoms with Gasteiger partial charge in [-0.3, -0.25) is 4.79 Å². The quantitative estimate of drug-likeness (QED) is 0.904. The van der Waals surface area contributed by atoms with Gasteiger partial charge < -0.3 is 10.4 Å². The number of amides is 1. The van der Waals surface area contributed by atoms with Crippen LogP contribution < -0.4 is 5.32 Å². The number of hydrogen-bond donors (Lipinski definition) is 2. The fourth-order valence-electron chi connectivity index (χ4n) is 2.83. The maximum absolute atomic E-state index is 12.0. The lowest BCUT2D eigenvalue weighted by Crippen LogP contribution is -2.15. The minimum Gasteiger partial charge on any atom is -0.388 e. The van der Waals surface area contributed by atoms with Gasteiger partial charge in [0.15, 0.2) is 0 Å². The standard InChI is InChI=1S/C18H19NO2/c20-17(14-5-2-1-3-6-14)12-18(21)19-16-10-9-13-7-4-8-15(13)11-16/h1-3,5-6,9-11,17,20H,4,7-8,12H2,(H,19,21). The molecule has 1 amide bonds. The molecule has 1 unspecified atom stereocenters. The van der Waals surface area contributed by atoms with Crippen LogP contribution in [0.5, 0.6) is 0 Å². The van der Waals surface area contributed by atoms with E-state index < -0.39 is 6.10 Å². The van der Waals surface area contributed by atoms with Gasteiger partial charge in [-0.1, -0.05) is 36.4 Å². The molecule has 21 heavy (non-hydrogen) atoms. The third-order valence-electron chi connectivity index (χ3n) is 3.95. The summed E-state index contributed by atoms with van der Waals surface area (Å²) in [6, 6.07) is 15.3. The Bertz CT molecular complexity index is 637. The normalized spacial score (nSPS) is 14.5. The van der Waals surface area contributed by atoms with Gasteiger partial charge in [0.2, 0.25) is 5.91 Å². The van der Waals surface area contributed by atoms with Gasteiger partial charge in [0.25, 0.3) is 0 Å². The number of aryl methyl sites for hydroxylation is 2. The molecule has 3 nitrogen and oxygen atoms in total. The average molecular weight is 281 g/mol. The molecule has 2 aromatic carbocycles. The number of rotatable bonds is 4. The number of benzene rings is 2. The van der Waals surface area contributed by atoms with Crippen molar-refractivity contribution in [3.05, 3.63) is 65.2 Å². The van der Waals surface area contributed by atoms with Crippen molar-refractivity contribution >= 4 is 11.6 Å². The number of anilines is 1. The summed E-state index contributed by atoms with van der Waals surface area (Å²) in [5.41, 5.74) is 4.30. The number of fused-ring (bicyclic) bond motifs is 1. The zero-order chi connectivity index (χ0) is 14.7. The first-order chi connectivity index (χ1) is 10.2. The maximum atomic E-state index is 12.0. The van der Waals surface area contributed by atoms with Gasteiger partial charge in [0.1, 0.15) is 0 Å². The summed E-state index contributed by atoms with van der Waals surface area (Å²) in [7, 11) is 0. The molecule has 0 saturated heterocycles. The number of hydrogen-bond acceptors (Lipinski definition) is 2. The monoisotopic (exact) mass is 281 g/mol. The van der Waals surface area contributed by atoms with Crippen molar-refractivity contribution in [2.24, 2.45) is 0 Å². The Kier molecular flexibility index (Phi) is 4.02. The second kappa shape index (κ2) is 6.10. The molecule has 0 saturated carbocycles. The molecule has 1 aliphatic carbocycles. The van der Waals surface area contributed by atoms with E-state index in [1.54, 1.807) is 0 Å². The number of aliphatic hydroxyl groups is 1. The maximum Gasteiger partial charge on any atom is 0.227 e. The highest BCUT2D eigenvalue weighted by atomic mass is 16.3. The Labute approximate surface area is 124 Å². The molecule has 0 aliphatic heterocycles. The van der Waals surface area contributed by atoms with Crippen LogP contribution in [0.3, 0.4) is 0 Å². The number of nitrogens with one attached hydrogen (secondary N) is 1. The van der Waals surface area contributed by atoms with Crippen LogP contribution in [0.2, 0.25) is 0 Å². The highest BCUT2D eigenvalue weighted by Gasteiger charge is 2.15. The Hall–Kier alpha value is -2.13. The van der Waals surface area contributed by atoms with Gasteiger partial charge in [0.05, 0.1) is 12.5 Å². The van der Waals surface area contributed by atoms with Crippen LogP contribution >= 0.6 is 0 Å². The summed E-state index contributed by atoms with van der Waals surface area (Å²) in [4.78, 5) is 12.0. The first-order valence-corrected chi connectivity index (χ1v) is 7.37. The molecule has 108 valence electrons. The summed E-state index contributed by atoms with van der Waals surface area (Å²) in [5.74, 6) is -0.163. The molecule has 3 rings (SSSR count). The van der Waals surface area contributed by atoms with E-state index in [2.05, 4.69) is 17.4 Å². The zero-order valence-electron chi connectivity index (χ0n) is 11.9. The van der Waals surface area contributed by atoms with Crippen molar-refractivity contribution in [3.8, 4) is 0 Å². The average Bonchev–Trinajstić information content (AvgIpc) is 2.95. The first-order valence-electron chi connectivity index (χ1n) is 7.37. The largest absolute Gasteiger partial charge is 0.388 e. The highest BCUT2D eigenvalue weighted by molar-refractivity contribution is 5.91. The van der Waals surface area contributed by atoms with E-state index in [4.69, 9.17) is 0 Å². The van der Waals surface area contributed by atoms with Crippen LogP contribution in [0, 0.1) is 0 Å². The van der Waals surface area contributed by atoms with Crippen molar-refractivity contribution in [1.29, 1.82) is 0 Å². The second-order valence-electron chi connectivity index (χ2n) is 5.52. The van der Waals surface area contributed by atoms with E-state index in [1.165, 1.54) is 17.5 Å². The van der Waals surface area contributed by atoms with E-state index in [0.717, 1.165) is 24.1 Å². The van der Waals surface area contributed by atoms with E-state index in [1.807, 2.05) is 36.4 Å². The minimum atomic E-state index is -0.763. The minimum absolute atomic E-state index is 0.0705. The molecule has 0 radical (unpaired) electrons. The van der Waals surface area contributed by atoms with Crippen LogP contribution in [0.4, 0.5) is 5.69 Å². The van der Waals surface area contributed by atoms with Gasteiger partial charge in [-0.2, -0.15) is 0 Å². The van der Waals surface area contributed by atoms with Crippen molar-refractivity contribution in [3.63, 3.8) is 0 Å². The van der Waals surface area contributed by atoms with Gasteiger partial charge in [-0.25, -0.2) is 0 Å².